The van der Waals surface area contributed by atoms with Crippen molar-refractivity contribution < 1.29 is 9.47 Å². The molecule has 3 nitrogen and oxygen atoms in total. The lowest BCUT2D eigenvalue weighted by molar-refractivity contribution is 0.0259. The number of methoxy groups -OCH3 is 1. The van der Waals surface area contributed by atoms with Crippen LogP contribution in [0.3, 0.4) is 0 Å². The quantitative estimate of drug-likeness (QED) is 0.659. The van der Waals surface area contributed by atoms with Crippen LogP contribution in [0, 0.1) is 5.92 Å². The van der Waals surface area contributed by atoms with Crippen molar-refractivity contribution in [3.8, 4) is 0 Å². The van der Waals surface area contributed by atoms with Gasteiger partial charge < -0.3 is 14.8 Å². The Morgan fingerprint density at radius 2 is 2.14 bits per heavy atom. The van der Waals surface area contributed by atoms with Gasteiger partial charge in [0.05, 0.1) is 19.3 Å². The molecular formula is C11H23NO2. The molecule has 1 N–H and O–H groups in total. The molecular weight excluding hydrogens is 178 g/mol. The van der Waals surface area contributed by atoms with E-state index >= 15 is 0 Å². The Morgan fingerprint density at radius 1 is 1.36 bits per heavy atom. The van der Waals surface area contributed by atoms with Crippen molar-refractivity contribution in [1.82, 2.24) is 5.32 Å². The van der Waals surface area contributed by atoms with Crippen LogP contribution in [-0.4, -0.2) is 39.0 Å². The molecule has 1 saturated heterocycles. The molecule has 1 aliphatic rings. The fourth-order valence-electron chi connectivity index (χ4n) is 1.96. The predicted molar refractivity (Wildman–Crippen MR) is 57.5 cm³/mol. The van der Waals surface area contributed by atoms with Crippen LogP contribution in [0.25, 0.3) is 0 Å². The molecule has 0 radical (unpaired) electrons. The molecule has 0 aromatic carbocycles. The third-order valence-corrected chi connectivity index (χ3v) is 2.58. The lowest BCUT2D eigenvalue weighted by Gasteiger charge is -2.13. The van der Waals surface area contributed by atoms with Crippen molar-refractivity contribution in [2.75, 3.05) is 26.9 Å². The van der Waals surface area contributed by atoms with Crippen LogP contribution in [0.4, 0.5) is 0 Å². The first-order valence-corrected chi connectivity index (χ1v) is 5.56. The van der Waals surface area contributed by atoms with E-state index in [2.05, 4.69) is 19.2 Å². The minimum Gasteiger partial charge on any atom is -0.382 e. The predicted octanol–water partition coefficient (Wildman–Crippen LogP) is 1.43. The molecule has 1 rings (SSSR count). The smallest absolute Gasteiger partial charge is 0.0715 e. The highest BCUT2D eigenvalue weighted by molar-refractivity contribution is 4.82. The van der Waals surface area contributed by atoms with E-state index in [1.165, 1.54) is 6.42 Å². The number of hydrogen-bond donors (Lipinski definition) is 1. The summed E-state index contributed by atoms with van der Waals surface area (Å²) in [6.07, 6.45) is 2.81. The summed E-state index contributed by atoms with van der Waals surface area (Å²) in [5.41, 5.74) is 0. The van der Waals surface area contributed by atoms with Crippen LogP contribution in [0.15, 0.2) is 0 Å². The zero-order chi connectivity index (χ0) is 10.4. The van der Waals surface area contributed by atoms with Crippen LogP contribution < -0.4 is 5.32 Å². The van der Waals surface area contributed by atoms with E-state index in [9.17, 15) is 0 Å². The Bertz CT molecular complexity index is 150. The van der Waals surface area contributed by atoms with Crippen LogP contribution in [0.2, 0.25) is 0 Å². The lowest BCUT2D eigenvalue weighted by atomic mass is 10.0. The van der Waals surface area contributed by atoms with Gasteiger partial charge in [-0.1, -0.05) is 13.8 Å². The summed E-state index contributed by atoms with van der Waals surface area (Å²) in [4.78, 5) is 0. The van der Waals surface area contributed by atoms with Gasteiger partial charge in [0.25, 0.3) is 0 Å². The fraction of sp³-hybridized carbons (Fsp3) is 1.00. The zero-order valence-corrected chi connectivity index (χ0v) is 9.58. The SMILES string of the molecule is COCCOC1CNC(CC(C)C)C1. The standard InChI is InChI=1S/C11H23NO2/c1-9(2)6-10-7-11(8-12-10)14-5-4-13-3/h9-12H,4-8H2,1-3H3. The molecule has 0 aliphatic carbocycles. The van der Waals surface area contributed by atoms with Gasteiger partial charge in [-0.25, -0.2) is 0 Å². The van der Waals surface area contributed by atoms with Crippen molar-refractivity contribution in [1.29, 1.82) is 0 Å². The number of hydrogen-bond acceptors (Lipinski definition) is 3. The second-order valence-corrected chi connectivity index (χ2v) is 4.46. The van der Waals surface area contributed by atoms with Crippen molar-refractivity contribution in [2.24, 2.45) is 5.92 Å². The minimum absolute atomic E-state index is 0.397. The van der Waals surface area contributed by atoms with Gasteiger partial charge in [0, 0.05) is 19.7 Å². The van der Waals surface area contributed by atoms with Gasteiger partial charge in [-0.2, -0.15) is 0 Å². The Kier molecular flexibility index (Phi) is 5.45. The molecule has 0 bridgehead atoms. The van der Waals surface area contributed by atoms with E-state index in [-0.39, 0.29) is 0 Å². The Labute approximate surface area is 87.2 Å². The van der Waals surface area contributed by atoms with Crippen LogP contribution in [0.1, 0.15) is 26.7 Å². The Morgan fingerprint density at radius 3 is 2.79 bits per heavy atom. The fourth-order valence-corrected chi connectivity index (χ4v) is 1.96. The number of ether oxygens (including phenoxy) is 2. The second kappa shape index (κ2) is 6.38. The molecule has 3 heteroatoms. The van der Waals surface area contributed by atoms with Gasteiger partial charge in [0.1, 0.15) is 0 Å². The third kappa shape index (κ3) is 4.40. The molecule has 0 spiro atoms. The van der Waals surface area contributed by atoms with Gasteiger partial charge >= 0.3 is 0 Å². The molecule has 2 unspecified atom stereocenters. The van der Waals surface area contributed by atoms with Crippen LogP contribution in [0.5, 0.6) is 0 Å². The molecule has 1 aliphatic heterocycles. The van der Waals surface area contributed by atoms with Crippen LogP contribution in [-0.2, 0) is 9.47 Å². The summed E-state index contributed by atoms with van der Waals surface area (Å²) in [6, 6.07) is 0.655. The molecule has 84 valence electrons. The van der Waals surface area contributed by atoms with Gasteiger partial charge in [0.15, 0.2) is 0 Å². The van der Waals surface area contributed by atoms with Gasteiger partial charge in [0.2, 0.25) is 0 Å². The summed E-state index contributed by atoms with van der Waals surface area (Å²) in [5, 5.41) is 3.50. The first kappa shape index (κ1) is 12.0. The largest absolute Gasteiger partial charge is 0.382 e. The molecule has 0 aromatic rings. The van der Waals surface area contributed by atoms with E-state index in [1.54, 1.807) is 7.11 Å². The number of nitrogens with one attached hydrogen (secondary N) is 1. The second-order valence-electron chi connectivity index (χ2n) is 4.46. The third-order valence-electron chi connectivity index (χ3n) is 2.58. The van der Waals surface area contributed by atoms with Crippen LogP contribution >= 0.6 is 0 Å². The van der Waals surface area contributed by atoms with E-state index < -0.39 is 0 Å². The molecule has 14 heavy (non-hydrogen) atoms. The minimum atomic E-state index is 0.397. The highest BCUT2D eigenvalue weighted by Crippen LogP contribution is 2.16. The van der Waals surface area contributed by atoms with Crippen molar-refractivity contribution in [2.45, 2.75) is 38.8 Å². The van der Waals surface area contributed by atoms with E-state index in [0.29, 0.717) is 18.8 Å². The maximum Gasteiger partial charge on any atom is 0.0715 e. The summed E-state index contributed by atoms with van der Waals surface area (Å²) >= 11 is 0. The summed E-state index contributed by atoms with van der Waals surface area (Å²) in [7, 11) is 1.71. The summed E-state index contributed by atoms with van der Waals surface area (Å²) < 4.78 is 10.6. The van der Waals surface area contributed by atoms with Crippen molar-refractivity contribution in [3.05, 3.63) is 0 Å². The van der Waals surface area contributed by atoms with Crippen molar-refractivity contribution in [3.63, 3.8) is 0 Å². The maximum atomic E-state index is 5.67. The molecule has 0 aromatic heterocycles. The lowest BCUT2D eigenvalue weighted by Crippen LogP contribution is -2.23. The molecule has 0 amide bonds. The maximum absolute atomic E-state index is 5.67. The average molecular weight is 201 g/mol. The molecule has 1 heterocycles. The first-order chi connectivity index (χ1) is 6.72. The highest BCUT2D eigenvalue weighted by Gasteiger charge is 2.24. The van der Waals surface area contributed by atoms with Gasteiger partial charge in [-0.15, -0.1) is 0 Å². The Hall–Kier alpha value is -0.120. The first-order valence-electron chi connectivity index (χ1n) is 5.56. The van der Waals surface area contributed by atoms with E-state index in [4.69, 9.17) is 9.47 Å². The normalized spacial score (nSPS) is 27.4. The van der Waals surface area contributed by atoms with Crippen molar-refractivity contribution >= 4 is 0 Å². The van der Waals surface area contributed by atoms with E-state index in [0.717, 1.165) is 25.5 Å². The topological polar surface area (TPSA) is 30.5 Å². The molecule has 2 atom stereocenters. The monoisotopic (exact) mass is 201 g/mol. The summed E-state index contributed by atoms with van der Waals surface area (Å²) in [6.45, 7) is 6.95. The summed E-state index contributed by atoms with van der Waals surface area (Å²) in [5.74, 6) is 0.769. The zero-order valence-electron chi connectivity index (χ0n) is 9.58. The number of rotatable bonds is 6. The molecule has 1 fully saturated rings. The molecule has 0 saturated carbocycles. The average Bonchev–Trinajstić information content (AvgIpc) is 2.52. The highest BCUT2D eigenvalue weighted by atomic mass is 16.5. The van der Waals surface area contributed by atoms with Gasteiger partial charge in [-0.05, 0) is 18.8 Å². The van der Waals surface area contributed by atoms with E-state index in [1.807, 2.05) is 0 Å². The van der Waals surface area contributed by atoms with Gasteiger partial charge in [-0.3, -0.25) is 0 Å². The Balaban J connectivity index is 2.08.